The third kappa shape index (κ3) is 3.19. The van der Waals surface area contributed by atoms with E-state index in [-0.39, 0.29) is 10.7 Å². The van der Waals surface area contributed by atoms with Gasteiger partial charge in [0.2, 0.25) is 0 Å². The van der Waals surface area contributed by atoms with Crippen LogP contribution in [-0.4, -0.2) is 13.4 Å². The highest BCUT2D eigenvalue weighted by atomic mass is 35.5. The first-order valence-electron chi connectivity index (χ1n) is 6.81. The van der Waals surface area contributed by atoms with E-state index in [9.17, 15) is 8.42 Å². The molecular weight excluding hydrogens is 308 g/mol. The maximum Gasteiger partial charge on any atom is 0.263 e. The molecule has 1 aromatic carbocycles. The summed E-state index contributed by atoms with van der Waals surface area (Å²) >= 11 is 5.84. The van der Waals surface area contributed by atoms with Crippen molar-refractivity contribution >= 4 is 27.4 Å². The van der Waals surface area contributed by atoms with Gasteiger partial charge in [-0.1, -0.05) is 17.7 Å². The lowest BCUT2D eigenvalue weighted by atomic mass is 9.92. The number of nitrogens with zero attached hydrogens (tertiary/aromatic N) is 1. The first kappa shape index (κ1) is 14.4. The van der Waals surface area contributed by atoms with Crippen LogP contribution in [0.25, 0.3) is 0 Å². The molecule has 3 rings (SSSR count). The third-order valence-corrected chi connectivity index (χ3v) is 5.18. The molecule has 1 heterocycles. The van der Waals surface area contributed by atoms with Crippen molar-refractivity contribution in [1.29, 1.82) is 0 Å². The van der Waals surface area contributed by atoms with Crippen LogP contribution in [0.3, 0.4) is 0 Å². The van der Waals surface area contributed by atoms with Gasteiger partial charge in [-0.05, 0) is 55.0 Å². The summed E-state index contributed by atoms with van der Waals surface area (Å²) in [6.45, 7) is 0. The summed E-state index contributed by atoms with van der Waals surface area (Å²) in [6, 6.07) is 8.41. The smallest absolute Gasteiger partial charge is 0.263 e. The maximum atomic E-state index is 12.4. The summed E-state index contributed by atoms with van der Waals surface area (Å²) in [7, 11) is -3.63. The van der Waals surface area contributed by atoms with Gasteiger partial charge in [0.05, 0.1) is 4.90 Å². The molecule has 1 N–H and O–H groups in total. The second kappa shape index (κ2) is 5.66. The van der Waals surface area contributed by atoms with Crippen LogP contribution in [0.2, 0.25) is 5.02 Å². The fourth-order valence-electron chi connectivity index (χ4n) is 2.53. The van der Waals surface area contributed by atoms with E-state index in [0.29, 0.717) is 5.02 Å². The van der Waals surface area contributed by atoms with Crippen molar-refractivity contribution < 1.29 is 8.42 Å². The monoisotopic (exact) mass is 322 g/mol. The number of fused-ring (bicyclic) bond motifs is 1. The zero-order valence-corrected chi connectivity index (χ0v) is 12.9. The van der Waals surface area contributed by atoms with Crippen LogP contribution in [0.15, 0.2) is 41.4 Å². The van der Waals surface area contributed by atoms with Gasteiger partial charge in [-0.15, -0.1) is 0 Å². The number of hydrogen-bond acceptors (Lipinski definition) is 3. The largest absolute Gasteiger partial charge is 0.263 e. The summed E-state index contributed by atoms with van der Waals surface area (Å²) in [5.41, 5.74) is 2.38. The first-order chi connectivity index (χ1) is 10.0. The zero-order chi connectivity index (χ0) is 14.9. The topological polar surface area (TPSA) is 59.1 Å². The van der Waals surface area contributed by atoms with E-state index >= 15 is 0 Å². The summed E-state index contributed by atoms with van der Waals surface area (Å²) in [6.07, 6.45) is 5.71. The average molecular weight is 323 g/mol. The van der Waals surface area contributed by atoms with Gasteiger partial charge in [-0.2, -0.15) is 0 Å². The molecule has 1 aliphatic rings. The van der Waals surface area contributed by atoms with Gasteiger partial charge in [-0.25, -0.2) is 13.4 Å². The highest BCUT2D eigenvalue weighted by Crippen LogP contribution is 2.25. The van der Waals surface area contributed by atoms with Crippen molar-refractivity contribution in [1.82, 2.24) is 4.98 Å². The van der Waals surface area contributed by atoms with Crippen LogP contribution in [0.4, 0.5) is 5.82 Å². The van der Waals surface area contributed by atoms with Crippen molar-refractivity contribution in [2.24, 2.45) is 0 Å². The number of hydrogen-bond donors (Lipinski definition) is 1. The van der Waals surface area contributed by atoms with Crippen molar-refractivity contribution in [2.75, 3.05) is 4.72 Å². The van der Waals surface area contributed by atoms with Gasteiger partial charge in [-0.3, -0.25) is 4.72 Å². The molecule has 0 saturated carbocycles. The fraction of sp³-hybridized carbons (Fsp3) is 0.267. The Hall–Kier alpha value is -1.59. The van der Waals surface area contributed by atoms with Gasteiger partial charge in [0.15, 0.2) is 0 Å². The van der Waals surface area contributed by atoms with Gasteiger partial charge in [0.1, 0.15) is 5.82 Å². The Morgan fingerprint density at radius 2 is 1.81 bits per heavy atom. The molecule has 110 valence electrons. The predicted molar refractivity (Wildman–Crippen MR) is 83.1 cm³/mol. The molecule has 0 radical (unpaired) electrons. The van der Waals surface area contributed by atoms with E-state index in [1.54, 1.807) is 18.2 Å². The van der Waals surface area contributed by atoms with Crippen LogP contribution >= 0.6 is 11.6 Å². The van der Waals surface area contributed by atoms with Crippen molar-refractivity contribution in [2.45, 2.75) is 30.6 Å². The number of aryl methyl sites for hydroxylation is 2. The van der Waals surface area contributed by atoms with E-state index in [1.165, 1.54) is 24.2 Å². The number of benzene rings is 1. The molecule has 0 aliphatic heterocycles. The molecule has 0 fully saturated rings. The number of anilines is 1. The SMILES string of the molecule is O=S(=O)(Nc1cc(Cl)ccn1)c1ccc2c(c1)CCCC2. The van der Waals surface area contributed by atoms with Crippen molar-refractivity contribution in [3.05, 3.63) is 52.7 Å². The molecule has 4 nitrogen and oxygen atoms in total. The normalized spacial score (nSPS) is 14.5. The van der Waals surface area contributed by atoms with Crippen molar-refractivity contribution in [3.63, 3.8) is 0 Å². The molecule has 1 aliphatic carbocycles. The van der Waals surface area contributed by atoms with Crippen LogP contribution < -0.4 is 4.72 Å². The summed E-state index contributed by atoms with van der Waals surface area (Å²) in [5, 5.41) is 0.438. The predicted octanol–water partition coefficient (Wildman–Crippen LogP) is 3.41. The van der Waals surface area contributed by atoms with Crippen LogP contribution in [0, 0.1) is 0 Å². The average Bonchev–Trinajstić information content (AvgIpc) is 2.46. The second-order valence-corrected chi connectivity index (χ2v) is 7.22. The fourth-order valence-corrected chi connectivity index (χ4v) is 3.74. The Labute approximate surface area is 129 Å². The zero-order valence-electron chi connectivity index (χ0n) is 11.3. The Balaban J connectivity index is 1.91. The quantitative estimate of drug-likeness (QED) is 0.942. The number of sulfonamides is 1. The molecular formula is C15H15ClN2O2S. The standard InChI is InChI=1S/C15H15ClN2O2S/c16-13-7-8-17-15(10-13)18-21(19,20)14-6-5-11-3-1-2-4-12(11)9-14/h5-10H,1-4H2,(H,17,18). The van der Waals surface area contributed by atoms with E-state index < -0.39 is 10.0 Å². The molecule has 1 aromatic heterocycles. The Morgan fingerprint density at radius 3 is 2.57 bits per heavy atom. The molecule has 0 saturated heterocycles. The van der Waals surface area contributed by atoms with Crippen LogP contribution in [0.5, 0.6) is 0 Å². The van der Waals surface area contributed by atoms with Crippen LogP contribution in [-0.2, 0) is 22.9 Å². The molecule has 21 heavy (non-hydrogen) atoms. The summed E-state index contributed by atoms with van der Waals surface area (Å²) < 4.78 is 27.3. The van der Waals surface area contributed by atoms with E-state index in [1.807, 2.05) is 6.07 Å². The number of nitrogens with one attached hydrogen (secondary N) is 1. The minimum atomic E-state index is -3.63. The van der Waals surface area contributed by atoms with Crippen LogP contribution in [0.1, 0.15) is 24.0 Å². The lowest BCUT2D eigenvalue weighted by Crippen LogP contribution is -2.15. The molecule has 0 unspecified atom stereocenters. The lowest BCUT2D eigenvalue weighted by Gasteiger charge is -2.16. The number of rotatable bonds is 3. The Bertz CT molecular complexity index is 775. The number of pyridine rings is 1. The minimum absolute atomic E-state index is 0.222. The second-order valence-electron chi connectivity index (χ2n) is 5.10. The molecule has 2 aromatic rings. The minimum Gasteiger partial charge on any atom is -0.263 e. The van der Waals surface area contributed by atoms with Gasteiger partial charge >= 0.3 is 0 Å². The maximum absolute atomic E-state index is 12.4. The lowest BCUT2D eigenvalue weighted by molar-refractivity contribution is 0.600. The summed E-state index contributed by atoms with van der Waals surface area (Å²) in [5.74, 6) is 0.222. The van der Waals surface area contributed by atoms with Gasteiger partial charge < -0.3 is 0 Å². The molecule has 0 atom stereocenters. The Morgan fingerprint density at radius 1 is 1.05 bits per heavy atom. The van der Waals surface area contributed by atoms with Gasteiger partial charge in [0, 0.05) is 17.3 Å². The number of aromatic nitrogens is 1. The molecule has 0 bridgehead atoms. The van der Waals surface area contributed by atoms with E-state index in [4.69, 9.17) is 11.6 Å². The van der Waals surface area contributed by atoms with E-state index in [0.717, 1.165) is 24.8 Å². The van der Waals surface area contributed by atoms with E-state index in [2.05, 4.69) is 9.71 Å². The highest BCUT2D eigenvalue weighted by Gasteiger charge is 2.18. The first-order valence-corrected chi connectivity index (χ1v) is 8.67. The van der Waals surface area contributed by atoms with Gasteiger partial charge in [0.25, 0.3) is 10.0 Å². The van der Waals surface area contributed by atoms with Crippen molar-refractivity contribution in [3.8, 4) is 0 Å². The third-order valence-electron chi connectivity index (χ3n) is 3.59. The molecule has 0 amide bonds. The molecule has 6 heteroatoms. The Kier molecular flexibility index (Phi) is 3.87. The summed E-state index contributed by atoms with van der Waals surface area (Å²) in [4.78, 5) is 4.23. The number of halogens is 1. The highest BCUT2D eigenvalue weighted by molar-refractivity contribution is 7.92. The molecule has 0 spiro atoms.